The van der Waals surface area contributed by atoms with E-state index in [9.17, 15) is 9.59 Å². The van der Waals surface area contributed by atoms with E-state index in [2.05, 4.69) is 0 Å². The Morgan fingerprint density at radius 2 is 2.14 bits per heavy atom. The number of rotatable bonds is 3. The largest absolute Gasteiger partial charge is 0.368 e. The maximum Gasteiger partial charge on any atom is 0.248 e. The van der Waals surface area contributed by atoms with Crippen molar-refractivity contribution in [2.75, 3.05) is 13.1 Å². The predicted molar refractivity (Wildman–Crippen MR) is 50.7 cm³/mol. The van der Waals surface area contributed by atoms with Gasteiger partial charge in [-0.25, -0.2) is 5.84 Å². The third-order valence-corrected chi connectivity index (χ3v) is 2.45. The fourth-order valence-corrected chi connectivity index (χ4v) is 1.73. The van der Waals surface area contributed by atoms with Gasteiger partial charge in [-0.15, -0.1) is 0 Å². The minimum absolute atomic E-state index is 0.143. The lowest BCUT2D eigenvalue weighted by atomic mass is 10.0. The third-order valence-electron chi connectivity index (χ3n) is 2.45. The van der Waals surface area contributed by atoms with Gasteiger partial charge in [-0.2, -0.15) is 0 Å². The van der Waals surface area contributed by atoms with Gasteiger partial charge >= 0.3 is 0 Å². The highest BCUT2D eigenvalue weighted by molar-refractivity contribution is 5.82. The summed E-state index contributed by atoms with van der Waals surface area (Å²) in [6.07, 6.45) is 2.70. The van der Waals surface area contributed by atoms with Crippen molar-refractivity contribution < 1.29 is 9.59 Å². The molecule has 0 aromatic carbocycles. The number of carbonyl (C=O) groups is 2. The molecule has 14 heavy (non-hydrogen) atoms. The third kappa shape index (κ3) is 2.68. The first-order valence-electron chi connectivity index (χ1n) is 4.68. The average molecular weight is 200 g/mol. The molecule has 6 heteroatoms. The van der Waals surface area contributed by atoms with Crippen molar-refractivity contribution >= 4 is 11.8 Å². The van der Waals surface area contributed by atoms with Gasteiger partial charge in [0.05, 0.1) is 12.6 Å². The SMILES string of the molecule is NNC(=O)CN1CCCCC1C(N)=O. The van der Waals surface area contributed by atoms with E-state index >= 15 is 0 Å². The first-order valence-corrected chi connectivity index (χ1v) is 4.68. The van der Waals surface area contributed by atoms with Crippen LogP contribution in [0.5, 0.6) is 0 Å². The number of amides is 2. The molecule has 1 rings (SSSR count). The summed E-state index contributed by atoms with van der Waals surface area (Å²) in [5, 5.41) is 0. The zero-order chi connectivity index (χ0) is 10.6. The highest BCUT2D eigenvalue weighted by atomic mass is 16.2. The lowest BCUT2D eigenvalue weighted by Gasteiger charge is -2.32. The van der Waals surface area contributed by atoms with Gasteiger partial charge in [0.1, 0.15) is 0 Å². The van der Waals surface area contributed by atoms with E-state index in [0.717, 1.165) is 25.8 Å². The average Bonchev–Trinajstić information content (AvgIpc) is 2.18. The summed E-state index contributed by atoms with van der Waals surface area (Å²) in [5.41, 5.74) is 7.27. The van der Waals surface area contributed by atoms with Gasteiger partial charge in [0, 0.05) is 0 Å². The Hall–Kier alpha value is -1.14. The summed E-state index contributed by atoms with van der Waals surface area (Å²) in [6.45, 7) is 0.866. The molecule has 0 aliphatic carbocycles. The normalized spacial score (nSPS) is 23.1. The van der Waals surface area contributed by atoms with E-state index in [1.54, 1.807) is 4.90 Å². The fourth-order valence-electron chi connectivity index (χ4n) is 1.73. The van der Waals surface area contributed by atoms with E-state index in [4.69, 9.17) is 11.6 Å². The molecule has 0 spiro atoms. The minimum Gasteiger partial charge on any atom is -0.368 e. The van der Waals surface area contributed by atoms with Crippen LogP contribution in [0.4, 0.5) is 0 Å². The van der Waals surface area contributed by atoms with Crippen LogP contribution in [-0.4, -0.2) is 35.8 Å². The number of hydrogen-bond donors (Lipinski definition) is 3. The van der Waals surface area contributed by atoms with Crippen LogP contribution in [0.3, 0.4) is 0 Å². The summed E-state index contributed by atoms with van der Waals surface area (Å²) in [5.74, 6) is 4.31. The van der Waals surface area contributed by atoms with Gasteiger partial charge in [0.15, 0.2) is 0 Å². The number of likely N-dealkylation sites (tertiary alicyclic amines) is 1. The van der Waals surface area contributed by atoms with Crippen LogP contribution in [-0.2, 0) is 9.59 Å². The quantitative estimate of drug-likeness (QED) is 0.287. The Labute approximate surface area is 82.6 Å². The van der Waals surface area contributed by atoms with Crippen molar-refractivity contribution in [1.29, 1.82) is 0 Å². The van der Waals surface area contributed by atoms with Crippen molar-refractivity contribution in [2.24, 2.45) is 11.6 Å². The number of nitrogens with zero attached hydrogens (tertiary/aromatic N) is 1. The number of hydrogen-bond acceptors (Lipinski definition) is 4. The Balaban J connectivity index is 2.54. The van der Waals surface area contributed by atoms with Gasteiger partial charge in [0.2, 0.25) is 11.8 Å². The van der Waals surface area contributed by atoms with Crippen LogP contribution in [0.15, 0.2) is 0 Å². The van der Waals surface area contributed by atoms with Gasteiger partial charge in [-0.3, -0.25) is 19.9 Å². The maximum absolute atomic E-state index is 11.1. The van der Waals surface area contributed by atoms with Crippen LogP contribution in [0, 0.1) is 0 Å². The standard InChI is InChI=1S/C8H16N4O2/c9-8(14)6-3-1-2-4-12(6)5-7(13)11-10/h6H,1-5,10H2,(H2,9,14)(H,11,13). The summed E-state index contributed by atoms with van der Waals surface area (Å²) in [6, 6.07) is -0.318. The molecule has 80 valence electrons. The summed E-state index contributed by atoms with van der Waals surface area (Å²) < 4.78 is 0. The van der Waals surface area contributed by atoms with Gasteiger partial charge < -0.3 is 5.73 Å². The molecule has 0 aromatic rings. The second-order valence-corrected chi connectivity index (χ2v) is 3.45. The smallest absolute Gasteiger partial charge is 0.248 e. The molecule has 6 nitrogen and oxygen atoms in total. The molecule has 1 aliphatic heterocycles. The molecule has 1 fully saturated rings. The predicted octanol–water partition coefficient (Wildman–Crippen LogP) is -1.68. The van der Waals surface area contributed by atoms with Gasteiger partial charge in [-0.1, -0.05) is 6.42 Å². The molecule has 0 aromatic heterocycles. The number of carbonyl (C=O) groups excluding carboxylic acids is 2. The fraction of sp³-hybridized carbons (Fsp3) is 0.750. The second-order valence-electron chi connectivity index (χ2n) is 3.45. The van der Waals surface area contributed by atoms with Crippen LogP contribution in [0.25, 0.3) is 0 Å². The van der Waals surface area contributed by atoms with Gasteiger partial charge in [-0.05, 0) is 19.4 Å². The van der Waals surface area contributed by atoms with E-state index in [0.29, 0.717) is 0 Å². The summed E-state index contributed by atoms with van der Waals surface area (Å²) in [7, 11) is 0. The first-order chi connectivity index (χ1) is 6.65. The van der Waals surface area contributed by atoms with Crippen molar-refractivity contribution in [2.45, 2.75) is 25.3 Å². The topological polar surface area (TPSA) is 101 Å². The Bertz CT molecular complexity index is 231. The zero-order valence-electron chi connectivity index (χ0n) is 8.03. The highest BCUT2D eigenvalue weighted by Crippen LogP contribution is 2.15. The van der Waals surface area contributed by atoms with Crippen LogP contribution in [0.1, 0.15) is 19.3 Å². The van der Waals surface area contributed by atoms with Crippen LogP contribution in [0.2, 0.25) is 0 Å². The Kier molecular flexibility index (Phi) is 3.84. The van der Waals surface area contributed by atoms with Crippen molar-refractivity contribution in [3.8, 4) is 0 Å². The van der Waals surface area contributed by atoms with E-state index in [1.165, 1.54) is 0 Å². The van der Waals surface area contributed by atoms with Gasteiger partial charge in [0.25, 0.3) is 0 Å². The molecular formula is C8H16N4O2. The minimum atomic E-state index is -0.366. The molecule has 0 saturated carbocycles. The Morgan fingerprint density at radius 3 is 2.71 bits per heavy atom. The number of hydrazine groups is 1. The van der Waals surface area contributed by atoms with Crippen molar-refractivity contribution in [3.63, 3.8) is 0 Å². The first kappa shape index (κ1) is 10.9. The lowest BCUT2D eigenvalue weighted by Crippen LogP contribution is -2.51. The molecule has 0 radical (unpaired) electrons. The molecule has 1 aliphatic rings. The number of nitrogens with one attached hydrogen (secondary N) is 1. The molecule has 1 unspecified atom stereocenters. The van der Waals surface area contributed by atoms with Crippen molar-refractivity contribution in [3.05, 3.63) is 0 Å². The maximum atomic E-state index is 11.1. The monoisotopic (exact) mass is 200 g/mol. The lowest BCUT2D eigenvalue weighted by molar-refractivity contribution is -0.128. The number of piperidine rings is 1. The zero-order valence-corrected chi connectivity index (χ0v) is 8.03. The molecule has 2 amide bonds. The molecule has 0 bridgehead atoms. The van der Waals surface area contributed by atoms with E-state index in [1.807, 2.05) is 5.43 Å². The second kappa shape index (κ2) is 4.92. The van der Waals surface area contributed by atoms with Crippen LogP contribution >= 0.6 is 0 Å². The van der Waals surface area contributed by atoms with E-state index < -0.39 is 0 Å². The van der Waals surface area contributed by atoms with Crippen LogP contribution < -0.4 is 17.0 Å². The number of nitrogens with two attached hydrogens (primary N) is 2. The highest BCUT2D eigenvalue weighted by Gasteiger charge is 2.27. The molecule has 1 saturated heterocycles. The summed E-state index contributed by atoms with van der Waals surface area (Å²) in [4.78, 5) is 23.8. The molecule has 1 atom stereocenters. The van der Waals surface area contributed by atoms with E-state index in [-0.39, 0.29) is 24.4 Å². The summed E-state index contributed by atoms with van der Waals surface area (Å²) >= 11 is 0. The molecule has 1 heterocycles. The number of primary amides is 1. The molecular weight excluding hydrogens is 184 g/mol. The van der Waals surface area contributed by atoms with Crippen molar-refractivity contribution in [1.82, 2.24) is 10.3 Å². The Morgan fingerprint density at radius 1 is 1.43 bits per heavy atom. The molecule has 5 N–H and O–H groups in total.